The second-order valence-electron chi connectivity index (χ2n) is 4.76. The first-order chi connectivity index (χ1) is 10.1. The molecule has 0 fully saturated rings. The van der Waals surface area contributed by atoms with Crippen molar-refractivity contribution in [3.8, 4) is 0 Å². The average molecular weight is 343 g/mol. The molecule has 0 amide bonds. The van der Waals surface area contributed by atoms with Gasteiger partial charge in [-0.15, -0.1) is 0 Å². The molecule has 120 valence electrons. The summed E-state index contributed by atoms with van der Waals surface area (Å²) in [7, 11) is -6.01. The molecule has 0 aromatic heterocycles. The summed E-state index contributed by atoms with van der Waals surface area (Å²) >= 11 is 0. The fourth-order valence-corrected chi connectivity index (χ4v) is 3.64. The van der Waals surface area contributed by atoms with E-state index in [4.69, 9.17) is 5.14 Å². The molecule has 0 unspecified atom stereocenters. The van der Waals surface area contributed by atoms with E-state index in [0.717, 1.165) is 4.31 Å². The molecule has 7 nitrogen and oxygen atoms in total. The quantitative estimate of drug-likeness (QED) is 0.847. The minimum absolute atomic E-state index is 0.00471. The van der Waals surface area contributed by atoms with Gasteiger partial charge in [-0.25, -0.2) is 13.6 Å². The van der Waals surface area contributed by atoms with Crippen LogP contribution in [0.2, 0.25) is 0 Å². The van der Waals surface area contributed by atoms with Crippen LogP contribution in [-0.2, 0) is 20.2 Å². The Morgan fingerprint density at radius 1 is 1.14 bits per heavy atom. The zero-order valence-corrected chi connectivity index (χ0v) is 13.8. The van der Waals surface area contributed by atoms with Crippen molar-refractivity contribution >= 4 is 36.7 Å². The van der Waals surface area contributed by atoms with Crippen molar-refractivity contribution < 1.29 is 16.8 Å². The van der Waals surface area contributed by atoms with Crippen molar-refractivity contribution in [3.63, 3.8) is 0 Å². The molecule has 2 aromatic rings. The van der Waals surface area contributed by atoms with Crippen LogP contribution in [0.4, 0.5) is 5.69 Å². The molecule has 0 spiro atoms. The molecule has 0 aliphatic carbocycles. The highest BCUT2D eigenvalue weighted by Gasteiger charge is 2.17. The molecular formula is C13H17N3O4S2. The molecule has 0 bridgehead atoms. The third-order valence-electron chi connectivity index (χ3n) is 3.25. The fraction of sp³-hybridized carbons (Fsp3) is 0.231. The Kier molecular flexibility index (Phi) is 4.43. The number of hydrogen-bond acceptors (Lipinski definition) is 4. The van der Waals surface area contributed by atoms with Crippen LogP contribution >= 0.6 is 0 Å². The molecule has 9 heteroatoms. The van der Waals surface area contributed by atoms with Crippen molar-refractivity contribution in [1.82, 2.24) is 4.31 Å². The summed E-state index contributed by atoms with van der Waals surface area (Å²) in [4.78, 5) is 0.00471. The molecule has 22 heavy (non-hydrogen) atoms. The van der Waals surface area contributed by atoms with Gasteiger partial charge in [0.25, 0.3) is 0 Å². The zero-order chi connectivity index (χ0) is 16.5. The minimum Gasteiger partial charge on any atom is -0.271 e. The van der Waals surface area contributed by atoms with Gasteiger partial charge in [0.15, 0.2) is 0 Å². The smallest absolute Gasteiger partial charge is 0.271 e. The van der Waals surface area contributed by atoms with E-state index < -0.39 is 20.2 Å². The van der Waals surface area contributed by atoms with Gasteiger partial charge in [0, 0.05) is 19.0 Å². The summed E-state index contributed by atoms with van der Waals surface area (Å²) < 4.78 is 50.7. The van der Waals surface area contributed by atoms with Gasteiger partial charge in [-0.3, -0.25) is 4.72 Å². The summed E-state index contributed by atoms with van der Waals surface area (Å²) in [6, 6.07) is 9.23. The van der Waals surface area contributed by atoms with Gasteiger partial charge < -0.3 is 0 Å². The van der Waals surface area contributed by atoms with Crippen LogP contribution in [0, 0.1) is 0 Å². The van der Waals surface area contributed by atoms with Crippen molar-refractivity contribution in [2.24, 2.45) is 5.14 Å². The topological polar surface area (TPSA) is 110 Å². The van der Waals surface area contributed by atoms with Gasteiger partial charge in [-0.05, 0) is 23.6 Å². The first-order valence-electron chi connectivity index (χ1n) is 6.45. The van der Waals surface area contributed by atoms with Crippen LogP contribution in [0.5, 0.6) is 0 Å². The second kappa shape index (κ2) is 5.84. The lowest BCUT2D eigenvalue weighted by atomic mass is 10.1. The van der Waals surface area contributed by atoms with Crippen molar-refractivity contribution in [2.45, 2.75) is 11.8 Å². The summed E-state index contributed by atoms with van der Waals surface area (Å²) in [5.41, 5.74) is 0.347. The normalized spacial score (nSPS) is 12.7. The number of fused-ring (bicyclic) bond motifs is 1. The lowest BCUT2D eigenvalue weighted by Crippen LogP contribution is -2.32. The lowest BCUT2D eigenvalue weighted by Gasteiger charge is -2.16. The maximum atomic E-state index is 12.0. The van der Waals surface area contributed by atoms with E-state index >= 15 is 0 Å². The molecular weight excluding hydrogens is 326 g/mol. The Morgan fingerprint density at radius 2 is 1.82 bits per heavy atom. The Balaban J connectivity index is 2.50. The molecule has 0 saturated heterocycles. The molecule has 0 radical (unpaired) electrons. The molecule has 0 aliphatic heterocycles. The Hall–Kier alpha value is -1.68. The standard InChI is InChI=1S/C13H17N3O4S2/c1-3-16(2)22(19,20)15-11-7-8-12-10(9-11)5-4-6-13(12)21(14,17)18/h4-9,15H,3H2,1-2H3,(H2,14,17,18). The molecule has 0 aliphatic rings. The summed E-state index contributed by atoms with van der Waals surface area (Å²) in [6.45, 7) is 2.05. The predicted octanol–water partition coefficient (Wildman–Crippen LogP) is 1.10. The molecule has 2 rings (SSSR count). The molecule has 0 heterocycles. The van der Waals surface area contributed by atoms with Crippen molar-refractivity contribution in [2.75, 3.05) is 18.3 Å². The largest absolute Gasteiger partial charge is 0.301 e. The van der Waals surface area contributed by atoms with Crippen LogP contribution in [0.15, 0.2) is 41.3 Å². The third kappa shape index (κ3) is 3.38. The first-order valence-corrected chi connectivity index (χ1v) is 9.43. The van der Waals surface area contributed by atoms with Crippen LogP contribution in [0.1, 0.15) is 6.92 Å². The third-order valence-corrected chi connectivity index (χ3v) is 5.79. The molecule has 0 atom stereocenters. The number of anilines is 1. The van der Waals surface area contributed by atoms with E-state index in [1.54, 1.807) is 25.1 Å². The number of nitrogens with zero attached hydrogens (tertiary/aromatic N) is 1. The first kappa shape index (κ1) is 16.7. The summed E-state index contributed by atoms with van der Waals surface area (Å²) in [5, 5.41) is 6.19. The number of hydrogen-bond donors (Lipinski definition) is 2. The minimum atomic E-state index is -3.84. The number of rotatable bonds is 5. The SMILES string of the molecule is CCN(C)S(=O)(=O)Nc1ccc2c(S(N)(=O)=O)cccc2c1. The lowest BCUT2D eigenvalue weighted by molar-refractivity contribution is 0.491. The van der Waals surface area contributed by atoms with Gasteiger partial charge in [0.1, 0.15) is 0 Å². The maximum absolute atomic E-state index is 12.0. The summed E-state index contributed by atoms with van der Waals surface area (Å²) in [6.07, 6.45) is 0. The highest BCUT2D eigenvalue weighted by Crippen LogP contribution is 2.25. The Labute approximate surface area is 130 Å². The molecule has 3 N–H and O–H groups in total. The van der Waals surface area contributed by atoms with Gasteiger partial charge in [-0.2, -0.15) is 12.7 Å². The highest BCUT2D eigenvalue weighted by molar-refractivity contribution is 7.90. The summed E-state index contributed by atoms with van der Waals surface area (Å²) in [5.74, 6) is 0. The molecule has 2 aromatic carbocycles. The number of nitrogens with two attached hydrogens (primary N) is 1. The van der Waals surface area contributed by atoms with E-state index in [1.165, 1.54) is 25.2 Å². The second-order valence-corrected chi connectivity index (χ2v) is 8.07. The average Bonchev–Trinajstić information content (AvgIpc) is 2.44. The van der Waals surface area contributed by atoms with Gasteiger partial charge in [0.2, 0.25) is 10.0 Å². The number of nitrogens with one attached hydrogen (secondary N) is 1. The maximum Gasteiger partial charge on any atom is 0.301 e. The van der Waals surface area contributed by atoms with E-state index in [-0.39, 0.29) is 4.90 Å². The Bertz CT molecular complexity index is 908. The monoisotopic (exact) mass is 343 g/mol. The van der Waals surface area contributed by atoms with Crippen molar-refractivity contribution in [1.29, 1.82) is 0 Å². The van der Waals surface area contributed by atoms with Gasteiger partial charge >= 0.3 is 10.2 Å². The number of primary sulfonamides is 1. The van der Waals surface area contributed by atoms with E-state index in [0.29, 0.717) is 23.0 Å². The molecule has 0 saturated carbocycles. The Morgan fingerprint density at radius 3 is 2.41 bits per heavy atom. The number of benzene rings is 2. The fourth-order valence-electron chi connectivity index (χ4n) is 1.96. The van der Waals surface area contributed by atoms with Crippen molar-refractivity contribution in [3.05, 3.63) is 36.4 Å². The van der Waals surface area contributed by atoms with Crippen LogP contribution < -0.4 is 9.86 Å². The highest BCUT2D eigenvalue weighted by atomic mass is 32.2. The van der Waals surface area contributed by atoms with Gasteiger partial charge in [0.05, 0.1) is 10.6 Å². The van der Waals surface area contributed by atoms with Crippen LogP contribution in [-0.4, -0.2) is 34.7 Å². The van der Waals surface area contributed by atoms with E-state index in [9.17, 15) is 16.8 Å². The number of sulfonamides is 1. The zero-order valence-electron chi connectivity index (χ0n) is 12.1. The van der Waals surface area contributed by atoms with Gasteiger partial charge in [-0.1, -0.05) is 25.1 Å². The van der Waals surface area contributed by atoms with E-state index in [2.05, 4.69) is 4.72 Å². The van der Waals surface area contributed by atoms with E-state index in [1.807, 2.05) is 0 Å². The van der Waals surface area contributed by atoms with Crippen LogP contribution in [0.3, 0.4) is 0 Å². The predicted molar refractivity (Wildman–Crippen MR) is 86.2 cm³/mol. The van der Waals surface area contributed by atoms with Crippen LogP contribution in [0.25, 0.3) is 10.8 Å².